The van der Waals surface area contributed by atoms with Gasteiger partial charge in [-0.3, -0.25) is 9.11 Å². The highest BCUT2D eigenvalue weighted by Crippen LogP contribution is 2.20. The molecule has 118 valence electrons. The number of nitrogens with zero attached hydrogens (tertiary/aromatic N) is 1. The van der Waals surface area contributed by atoms with Crippen molar-refractivity contribution in [2.24, 2.45) is 0 Å². The monoisotopic (exact) mass is 337 g/mol. The summed E-state index contributed by atoms with van der Waals surface area (Å²) in [6.07, 6.45) is 0.914. The summed E-state index contributed by atoms with van der Waals surface area (Å²) in [6, 6.07) is 2.50. The second-order valence-corrected chi connectivity index (χ2v) is 8.09. The number of benzene rings is 1. The highest BCUT2D eigenvalue weighted by atomic mass is 32.2. The predicted molar refractivity (Wildman–Crippen MR) is 74.6 cm³/mol. The van der Waals surface area contributed by atoms with Crippen LogP contribution in [0.2, 0.25) is 0 Å². The van der Waals surface area contributed by atoms with E-state index in [0.29, 0.717) is 10.8 Å². The highest BCUT2D eigenvalue weighted by molar-refractivity contribution is 7.86. The summed E-state index contributed by atoms with van der Waals surface area (Å²) in [6.45, 7) is 4.74. The molecule has 0 fully saturated rings. The molecule has 0 amide bonds. The second-order valence-electron chi connectivity index (χ2n) is 5.28. The van der Waals surface area contributed by atoms with Gasteiger partial charge in [0.25, 0.3) is 20.2 Å². The summed E-state index contributed by atoms with van der Waals surface area (Å²) in [5, 5.41) is 11.8. The number of rotatable bonds is 3. The molecule has 0 aliphatic rings. The van der Waals surface area contributed by atoms with Gasteiger partial charge in [0.05, 0.1) is 10.5 Å². The van der Waals surface area contributed by atoms with Crippen LogP contribution in [0.1, 0.15) is 26.3 Å². The fraction of sp³-hybridized carbons (Fsp3) is 0.364. The Morgan fingerprint density at radius 3 is 2.00 bits per heavy atom. The summed E-state index contributed by atoms with van der Waals surface area (Å²) in [5.74, 6) is 0. The fourth-order valence-corrected chi connectivity index (χ4v) is 2.60. The van der Waals surface area contributed by atoms with Gasteiger partial charge in [-0.25, -0.2) is 4.74 Å². The van der Waals surface area contributed by atoms with Crippen LogP contribution in [-0.4, -0.2) is 42.4 Å². The van der Waals surface area contributed by atoms with Crippen LogP contribution in [0.4, 0.5) is 0 Å². The van der Waals surface area contributed by atoms with Crippen molar-refractivity contribution >= 4 is 26.5 Å². The van der Waals surface area contributed by atoms with Crippen LogP contribution in [0, 0.1) is 5.21 Å². The molecule has 10 heteroatoms. The van der Waals surface area contributed by atoms with Crippen molar-refractivity contribution < 1.29 is 30.7 Å². The lowest BCUT2D eigenvalue weighted by atomic mass is 10.1. The first-order valence-corrected chi connectivity index (χ1v) is 8.51. The molecule has 0 bridgehead atoms. The molecule has 1 aromatic rings. The number of hydroxylamine groups is 1. The first-order chi connectivity index (χ1) is 9.23. The molecule has 0 unspecified atom stereocenters. The molecule has 0 atom stereocenters. The van der Waals surface area contributed by atoms with Gasteiger partial charge in [-0.1, -0.05) is 0 Å². The molecule has 8 nitrogen and oxygen atoms in total. The molecule has 0 saturated heterocycles. The topological polar surface area (TPSA) is 135 Å². The maximum absolute atomic E-state index is 11.8. The lowest BCUT2D eigenvalue weighted by Crippen LogP contribution is -2.29. The number of hydrogen-bond acceptors (Lipinski definition) is 5. The smallest absolute Gasteiger partial charge is 0.295 e. The molecule has 21 heavy (non-hydrogen) atoms. The van der Waals surface area contributed by atoms with Gasteiger partial charge >= 0.3 is 0 Å². The van der Waals surface area contributed by atoms with Crippen molar-refractivity contribution in [3.05, 3.63) is 29.0 Å². The first-order valence-electron chi connectivity index (χ1n) is 5.63. The quantitative estimate of drug-likeness (QED) is 0.275. The average molecular weight is 337 g/mol. The SMILES string of the molecule is CC(C)(C)/[N+]([O-])=C/c1ccc(S(=O)(=O)O)cc1S(=O)(=O)O. The minimum absolute atomic E-state index is 0.199. The lowest BCUT2D eigenvalue weighted by Gasteiger charge is -2.19. The van der Waals surface area contributed by atoms with Gasteiger partial charge in [-0.2, -0.15) is 16.8 Å². The molecule has 0 aliphatic heterocycles. The van der Waals surface area contributed by atoms with E-state index in [2.05, 4.69) is 0 Å². The minimum Gasteiger partial charge on any atom is -0.623 e. The van der Waals surface area contributed by atoms with Crippen molar-refractivity contribution in [3.8, 4) is 0 Å². The number of hydrogen-bond donors (Lipinski definition) is 2. The van der Waals surface area contributed by atoms with Crippen molar-refractivity contribution in [3.63, 3.8) is 0 Å². The second kappa shape index (κ2) is 5.37. The van der Waals surface area contributed by atoms with E-state index < -0.39 is 35.6 Å². The van der Waals surface area contributed by atoms with Gasteiger partial charge in [0.2, 0.25) is 0 Å². The van der Waals surface area contributed by atoms with Gasteiger partial charge in [0.15, 0.2) is 11.8 Å². The zero-order valence-electron chi connectivity index (χ0n) is 11.5. The third-order valence-corrected chi connectivity index (χ3v) is 4.24. The molecule has 0 saturated carbocycles. The molecular weight excluding hydrogens is 322 g/mol. The third-order valence-electron chi connectivity index (χ3n) is 2.48. The van der Waals surface area contributed by atoms with E-state index in [-0.39, 0.29) is 5.56 Å². The predicted octanol–water partition coefficient (Wildman–Crippen LogP) is 0.908. The maximum Gasteiger partial charge on any atom is 0.295 e. The summed E-state index contributed by atoms with van der Waals surface area (Å²) in [7, 11) is -9.42. The molecule has 2 N–H and O–H groups in total. The zero-order chi connectivity index (χ0) is 16.6. The van der Waals surface area contributed by atoms with Gasteiger partial charge in [0.1, 0.15) is 4.90 Å². The van der Waals surface area contributed by atoms with E-state index in [1.165, 1.54) is 0 Å². The Hall–Kier alpha value is -1.49. The Morgan fingerprint density at radius 1 is 1.10 bits per heavy atom. The Bertz CT molecular complexity index is 786. The van der Waals surface area contributed by atoms with Crippen LogP contribution < -0.4 is 0 Å². The van der Waals surface area contributed by atoms with E-state index in [4.69, 9.17) is 9.11 Å². The van der Waals surface area contributed by atoms with E-state index in [9.17, 15) is 22.0 Å². The van der Waals surface area contributed by atoms with E-state index >= 15 is 0 Å². The summed E-state index contributed by atoms with van der Waals surface area (Å²) in [4.78, 5) is -1.50. The van der Waals surface area contributed by atoms with Crippen LogP contribution in [-0.2, 0) is 20.2 Å². The van der Waals surface area contributed by atoms with Crippen molar-refractivity contribution in [2.45, 2.75) is 36.1 Å². The van der Waals surface area contributed by atoms with Gasteiger partial charge in [0, 0.05) is 20.8 Å². The molecule has 0 aromatic heterocycles. The van der Waals surface area contributed by atoms with E-state index in [0.717, 1.165) is 18.3 Å². The molecule has 0 spiro atoms. The highest BCUT2D eigenvalue weighted by Gasteiger charge is 2.23. The zero-order valence-corrected chi connectivity index (χ0v) is 13.1. The average Bonchev–Trinajstić information content (AvgIpc) is 2.25. The van der Waals surface area contributed by atoms with Gasteiger partial charge in [-0.05, 0) is 18.2 Å². The summed E-state index contributed by atoms with van der Waals surface area (Å²) < 4.78 is 63.1. The summed E-state index contributed by atoms with van der Waals surface area (Å²) in [5.41, 5.74) is -1.06. The van der Waals surface area contributed by atoms with Crippen LogP contribution >= 0.6 is 0 Å². The van der Waals surface area contributed by atoms with Crippen molar-refractivity contribution in [2.75, 3.05) is 0 Å². The van der Waals surface area contributed by atoms with Crippen molar-refractivity contribution in [1.29, 1.82) is 0 Å². The Labute approximate surface area is 122 Å². The minimum atomic E-state index is -4.78. The largest absolute Gasteiger partial charge is 0.623 e. The molecular formula is C11H15NO7S2. The molecule has 0 aliphatic carbocycles. The molecule has 0 heterocycles. The first kappa shape index (κ1) is 17.6. The lowest BCUT2D eigenvalue weighted by molar-refractivity contribution is -0.530. The molecule has 0 radical (unpaired) electrons. The van der Waals surface area contributed by atoms with Gasteiger partial charge in [-0.15, -0.1) is 0 Å². The van der Waals surface area contributed by atoms with Crippen molar-refractivity contribution in [1.82, 2.24) is 0 Å². The fourth-order valence-electron chi connectivity index (χ4n) is 1.33. The Balaban J connectivity index is 3.63. The van der Waals surface area contributed by atoms with Crippen LogP contribution in [0.5, 0.6) is 0 Å². The van der Waals surface area contributed by atoms with Crippen LogP contribution in [0.15, 0.2) is 28.0 Å². The van der Waals surface area contributed by atoms with Crippen LogP contribution in [0.25, 0.3) is 0 Å². The van der Waals surface area contributed by atoms with Gasteiger partial charge < -0.3 is 5.21 Å². The van der Waals surface area contributed by atoms with E-state index in [1.807, 2.05) is 0 Å². The maximum atomic E-state index is 11.8. The standard InChI is InChI=1S/C11H15NO7S2/c1-11(2,3)12(13)7-8-4-5-9(20(14,15)16)6-10(8)21(17,18)19/h4-7H,1-3H3,(H,14,15,16)(H,17,18,19)/b12-7-. The third kappa shape index (κ3) is 4.49. The van der Waals surface area contributed by atoms with E-state index in [1.54, 1.807) is 20.8 Å². The van der Waals surface area contributed by atoms with Crippen LogP contribution in [0.3, 0.4) is 0 Å². The normalized spacial score (nSPS) is 14.2. The molecule has 1 rings (SSSR count). The Morgan fingerprint density at radius 2 is 1.62 bits per heavy atom. The molecule has 1 aromatic carbocycles. The summed E-state index contributed by atoms with van der Waals surface area (Å²) >= 11 is 0. The Kier molecular flexibility index (Phi) is 4.49.